The van der Waals surface area contributed by atoms with E-state index in [0.29, 0.717) is 25.9 Å². The lowest BCUT2D eigenvalue weighted by molar-refractivity contribution is -0.126. The third-order valence-electron chi connectivity index (χ3n) is 4.56. The van der Waals surface area contributed by atoms with Gasteiger partial charge in [0.1, 0.15) is 0 Å². The van der Waals surface area contributed by atoms with Crippen LogP contribution in [0.5, 0.6) is 0 Å². The lowest BCUT2D eigenvalue weighted by atomic mass is 9.96. The van der Waals surface area contributed by atoms with Gasteiger partial charge in [-0.1, -0.05) is 30.3 Å². The Morgan fingerprint density at radius 2 is 1.85 bits per heavy atom. The predicted molar refractivity (Wildman–Crippen MR) is 93.3 cm³/mol. The molecule has 0 aromatic heterocycles. The lowest BCUT2D eigenvalue weighted by Crippen LogP contribution is -2.45. The summed E-state index contributed by atoms with van der Waals surface area (Å²) < 4.78 is 26.4. The number of benzene rings is 2. The molecule has 0 saturated carbocycles. The molecule has 1 atom stereocenters. The van der Waals surface area contributed by atoms with Crippen LogP contribution in [0, 0.1) is 17.6 Å². The normalized spacial score (nSPS) is 17.0. The minimum atomic E-state index is -1.05. The fraction of sp³-hybridized carbons (Fsp3) is 0.300. The molecule has 2 aromatic carbocycles. The first-order chi connectivity index (χ1) is 12.5. The highest BCUT2D eigenvalue weighted by atomic mass is 19.2. The predicted octanol–water partition coefficient (Wildman–Crippen LogP) is 3.13. The van der Waals surface area contributed by atoms with E-state index in [9.17, 15) is 18.4 Å². The van der Waals surface area contributed by atoms with E-state index < -0.39 is 11.6 Å². The number of hydrogen-bond acceptors (Lipinski definition) is 2. The fourth-order valence-corrected chi connectivity index (χ4v) is 3.12. The quantitative estimate of drug-likeness (QED) is 0.913. The summed E-state index contributed by atoms with van der Waals surface area (Å²) in [5, 5.41) is 2.90. The highest BCUT2D eigenvalue weighted by molar-refractivity contribution is 5.94. The summed E-state index contributed by atoms with van der Waals surface area (Å²) in [6.45, 7) is 1.21. The number of carbonyl (C=O) groups excluding carboxylic acids is 2. The number of carbonyl (C=O) groups is 2. The van der Waals surface area contributed by atoms with Gasteiger partial charge >= 0.3 is 0 Å². The molecule has 3 rings (SSSR count). The van der Waals surface area contributed by atoms with Crippen LogP contribution in [-0.2, 0) is 11.3 Å². The molecule has 26 heavy (non-hydrogen) atoms. The van der Waals surface area contributed by atoms with Crippen molar-refractivity contribution in [2.75, 3.05) is 13.1 Å². The molecule has 2 amide bonds. The second-order valence-corrected chi connectivity index (χ2v) is 6.42. The van der Waals surface area contributed by atoms with Gasteiger partial charge < -0.3 is 10.2 Å². The molecule has 1 fully saturated rings. The SMILES string of the molecule is O=C(NCc1ccccc1)C1CCCN(C(=O)c2ccc(F)c(F)c2)C1. The minimum Gasteiger partial charge on any atom is -0.352 e. The number of piperidine rings is 1. The molecular formula is C20H20F2N2O2. The summed E-state index contributed by atoms with van der Waals surface area (Å²) in [5.74, 6) is -2.83. The van der Waals surface area contributed by atoms with Crippen molar-refractivity contribution in [3.8, 4) is 0 Å². The van der Waals surface area contributed by atoms with Gasteiger partial charge in [-0.05, 0) is 36.6 Å². The van der Waals surface area contributed by atoms with Crippen LogP contribution in [0.25, 0.3) is 0 Å². The second-order valence-electron chi connectivity index (χ2n) is 6.42. The fourth-order valence-electron chi connectivity index (χ4n) is 3.12. The summed E-state index contributed by atoms with van der Waals surface area (Å²) in [4.78, 5) is 26.5. The standard InChI is InChI=1S/C20H20F2N2O2/c21-17-9-8-15(11-18(17)22)20(26)24-10-4-7-16(13-24)19(25)23-12-14-5-2-1-3-6-14/h1-3,5-6,8-9,11,16H,4,7,10,12-13H2,(H,23,25). The topological polar surface area (TPSA) is 49.4 Å². The molecule has 6 heteroatoms. The molecular weight excluding hydrogens is 338 g/mol. The van der Waals surface area contributed by atoms with E-state index in [4.69, 9.17) is 0 Å². The van der Waals surface area contributed by atoms with Crippen molar-refractivity contribution < 1.29 is 18.4 Å². The van der Waals surface area contributed by atoms with Gasteiger partial charge in [0.2, 0.25) is 5.91 Å². The van der Waals surface area contributed by atoms with Crippen LogP contribution in [0.1, 0.15) is 28.8 Å². The Bertz CT molecular complexity index is 796. The average Bonchev–Trinajstić information content (AvgIpc) is 2.68. The number of hydrogen-bond donors (Lipinski definition) is 1. The highest BCUT2D eigenvalue weighted by Gasteiger charge is 2.29. The summed E-state index contributed by atoms with van der Waals surface area (Å²) in [6.07, 6.45) is 1.39. The van der Waals surface area contributed by atoms with Crippen LogP contribution in [0.3, 0.4) is 0 Å². The van der Waals surface area contributed by atoms with E-state index in [1.165, 1.54) is 11.0 Å². The van der Waals surface area contributed by atoms with Crippen molar-refractivity contribution in [2.24, 2.45) is 5.92 Å². The van der Waals surface area contributed by atoms with Crippen molar-refractivity contribution in [1.82, 2.24) is 10.2 Å². The summed E-state index contributed by atoms with van der Waals surface area (Å²) in [5.41, 5.74) is 1.10. The zero-order valence-electron chi connectivity index (χ0n) is 14.3. The summed E-state index contributed by atoms with van der Waals surface area (Å²) >= 11 is 0. The van der Waals surface area contributed by atoms with Gasteiger partial charge in [0.25, 0.3) is 5.91 Å². The van der Waals surface area contributed by atoms with E-state index in [-0.39, 0.29) is 29.8 Å². The van der Waals surface area contributed by atoms with Crippen LogP contribution in [0.15, 0.2) is 48.5 Å². The Morgan fingerprint density at radius 1 is 1.08 bits per heavy atom. The molecule has 136 valence electrons. The Morgan fingerprint density at radius 3 is 2.58 bits per heavy atom. The van der Waals surface area contributed by atoms with Gasteiger partial charge in [-0.25, -0.2) is 8.78 Å². The van der Waals surface area contributed by atoms with Crippen molar-refractivity contribution in [3.05, 3.63) is 71.3 Å². The number of nitrogens with one attached hydrogen (secondary N) is 1. The average molecular weight is 358 g/mol. The third-order valence-corrected chi connectivity index (χ3v) is 4.56. The molecule has 2 aromatic rings. The Balaban J connectivity index is 1.60. The number of rotatable bonds is 4. The molecule has 0 spiro atoms. The number of amides is 2. The number of likely N-dealkylation sites (tertiary alicyclic amines) is 1. The van der Waals surface area contributed by atoms with Crippen molar-refractivity contribution >= 4 is 11.8 Å². The van der Waals surface area contributed by atoms with Crippen LogP contribution in [0.4, 0.5) is 8.78 Å². The zero-order valence-corrected chi connectivity index (χ0v) is 14.3. The van der Waals surface area contributed by atoms with Crippen molar-refractivity contribution in [2.45, 2.75) is 19.4 Å². The Labute approximate surface area is 150 Å². The first-order valence-electron chi connectivity index (χ1n) is 8.60. The van der Waals surface area contributed by atoms with Gasteiger partial charge in [-0.3, -0.25) is 9.59 Å². The molecule has 1 N–H and O–H groups in total. The summed E-state index contributed by atoms with van der Waals surface area (Å²) in [6, 6.07) is 12.7. The maximum atomic E-state index is 13.4. The van der Waals surface area contributed by atoms with Gasteiger partial charge in [0.05, 0.1) is 5.92 Å². The molecule has 1 heterocycles. The van der Waals surface area contributed by atoms with Gasteiger partial charge in [-0.15, -0.1) is 0 Å². The lowest BCUT2D eigenvalue weighted by Gasteiger charge is -2.32. The van der Waals surface area contributed by atoms with Gasteiger partial charge in [0.15, 0.2) is 11.6 Å². The van der Waals surface area contributed by atoms with E-state index in [1.807, 2.05) is 30.3 Å². The first kappa shape index (κ1) is 18.0. The molecule has 4 nitrogen and oxygen atoms in total. The molecule has 1 saturated heterocycles. The summed E-state index contributed by atoms with van der Waals surface area (Å²) in [7, 11) is 0. The first-order valence-corrected chi connectivity index (χ1v) is 8.60. The monoisotopic (exact) mass is 358 g/mol. The number of nitrogens with zero attached hydrogens (tertiary/aromatic N) is 1. The highest BCUT2D eigenvalue weighted by Crippen LogP contribution is 2.20. The number of halogens is 2. The molecule has 1 aliphatic heterocycles. The largest absolute Gasteiger partial charge is 0.352 e. The maximum absolute atomic E-state index is 13.4. The van der Waals surface area contributed by atoms with E-state index in [2.05, 4.69) is 5.32 Å². The molecule has 0 aliphatic carbocycles. The Hall–Kier alpha value is -2.76. The molecule has 0 radical (unpaired) electrons. The molecule has 0 bridgehead atoms. The zero-order chi connectivity index (χ0) is 18.5. The van der Waals surface area contributed by atoms with Crippen LogP contribution >= 0.6 is 0 Å². The van der Waals surface area contributed by atoms with E-state index in [0.717, 1.165) is 17.7 Å². The minimum absolute atomic E-state index is 0.0919. The Kier molecular flexibility index (Phi) is 5.61. The van der Waals surface area contributed by atoms with Crippen LogP contribution in [0.2, 0.25) is 0 Å². The molecule has 1 aliphatic rings. The van der Waals surface area contributed by atoms with Crippen LogP contribution in [-0.4, -0.2) is 29.8 Å². The van der Waals surface area contributed by atoms with Gasteiger partial charge in [-0.2, -0.15) is 0 Å². The van der Waals surface area contributed by atoms with E-state index >= 15 is 0 Å². The second kappa shape index (κ2) is 8.08. The maximum Gasteiger partial charge on any atom is 0.253 e. The van der Waals surface area contributed by atoms with Crippen LogP contribution < -0.4 is 5.32 Å². The smallest absolute Gasteiger partial charge is 0.253 e. The van der Waals surface area contributed by atoms with Crippen molar-refractivity contribution in [3.63, 3.8) is 0 Å². The van der Waals surface area contributed by atoms with Crippen molar-refractivity contribution in [1.29, 1.82) is 0 Å². The van der Waals surface area contributed by atoms with E-state index in [1.54, 1.807) is 0 Å². The molecule has 1 unspecified atom stereocenters. The third kappa shape index (κ3) is 4.25. The van der Waals surface area contributed by atoms with Gasteiger partial charge in [0, 0.05) is 25.2 Å².